The number of nitrogens with zero attached hydrogens (tertiary/aromatic N) is 4. The summed E-state index contributed by atoms with van der Waals surface area (Å²) in [5.41, 5.74) is 8.50. The van der Waals surface area contributed by atoms with E-state index in [1.807, 2.05) is 54.1 Å². The van der Waals surface area contributed by atoms with Gasteiger partial charge in [-0.05, 0) is 72.5 Å². The fourth-order valence-corrected chi connectivity index (χ4v) is 6.02. The van der Waals surface area contributed by atoms with E-state index < -0.39 is 0 Å². The van der Waals surface area contributed by atoms with Crippen LogP contribution in [-0.2, 0) is 27.5 Å². The van der Waals surface area contributed by atoms with Crippen molar-refractivity contribution >= 4 is 21.8 Å². The second kappa shape index (κ2) is 12.7. The van der Waals surface area contributed by atoms with E-state index >= 15 is 0 Å². The van der Waals surface area contributed by atoms with Gasteiger partial charge in [-0.25, -0.2) is 4.98 Å². The number of fused-ring (bicyclic) bond motifs is 3. The summed E-state index contributed by atoms with van der Waals surface area (Å²) in [4.78, 5) is 4.64. The van der Waals surface area contributed by atoms with Crippen LogP contribution in [0, 0.1) is 31.4 Å². The maximum atomic E-state index is 8.26. The smallest absolute Gasteiger partial charge is 0.509 e. The van der Waals surface area contributed by atoms with Gasteiger partial charge in [-0.2, -0.15) is 17.2 Å². The van der Waals surface area contributed by atoms with Crippen LogP contribution < -0.4 is 4.74 Å². The predicted octanol–water partition coefficient (Wildman–Crippen LogP) is 10.0. The van der Waals surface area contributed by atoms with E-state index in [1.165, 1.54) is 5.56 Å². The summed E-state index contributed by atoms with van der Waals surface area (Å²) in [6, 6.07) is 37.7. The SMILES string of the molecule is [2H]c1ccnc(-n2c3[c-]c(Oc4[c-]c(-n5nc(C)c(-c6ccccc6)c5C)ccc4)ccc3c3cc(CCC(C)(C)C)ccc32)c1.[Pt+2]. The number of hydrogen-bond donors (Lipinski definition) is 0. The Hall–Kier alpha value is -4.47. The minimum absolute atomic E-state index is 0. The van der Waals surface area contributed by atoms with Gasteiger partial charge in [-0.1, -0.05) is 74.8 Å². The maximum Gasteiger partial charge on any atom is 2.00 e. The molecule has 0 saturated carbocycles. The molecule has 0 spiro atoms. The standard InChI is InChI=1S/C40H36N4O.Pt/c1-27-39(30-12-7-6-8-13-30)28(2)44(42-27)31-14-11-15-32(25-31)45-33-18-19-34-35-24-29(21-22-40(3,4)5)17-20-36(35)43(37(34)26-33)38-16-9-10-23-41-38;/h6-20,23-24H,21-22H2,1-5H3;/q-2;+2/i9D;. The van der Waals surface area contributed by atoms with Gasteiger partial charge in [0.05, 0.1) is 7.06 Å². The Morgan fingerprint density at radius 1 is 0.848 bits per heavy atom. The summed E-state index contributed by atoms with van der Waals surface area (Å²) in [7, 11) is 0. The van der Waals surface area contributed by atoms with E-state index in [4.69, 9.17) is 11.2 Å². The molecule has 0 saturated heterocycles. The molecule has 3 heterocycles. The van der Waals surface area contributed by atoms with Crippen molar-refractivity contribution in [3.05, 3.63) is 132 Å². The van der Waals surface area contributed by atoms with E-state index in [0.29, 0.717) is 23.4 Å². The number of aryl methyl sites for hydroxylation is 2. The zero-order chi connectivity index (χ0) is 32.0. The molecule has 0 amide bonds. The van der Waals surface area contributed by atoms with Crippen LogP contribution >= 0.6 is 0 Å². The van der Waals surface area contributed by atoms with Crippen LogP contribution in [-0.4, -0.2) is 19.3 Å². The Labute approximate surface area is 286 Å². The van der Waals surface area contributed by atoms with Crippen molar-refractivity contribution < 1.29 is 27.2 Å². The molecular weight excluding hydrogens is 748 g/mol. The second-order valence-corrected chi connectivity index (χ2v) is 12.8. The summed E-state index contributed by atoms with van der Waals surface area (Å²) in [6.07, 6.45) is 3.78. The van der Waals surface area contributed by atoms with Gasteiger partial charge in [0.1, 0.15) is 5.82 Å². The molecule has 0 N–H and O–H groups in total. The number of pyridine rings is 1. The molecule has 7 rings (SSSR count). The van der Waals surface area contributed by atoms with Crippen molar-refractivity contribution in [2.45, 2.75) is 47.5 Å². The summed E-state index contributed by atoms with van der Waals surface area (Å²) >= 11 is 0. The van der Waals surface area contributed by atoms with Gasteiger partial charge in [0.2, 0.25) is 0 Å². The third-order valence-electron chi connectivity index (χ3n) is 8.25. The molecule has 0 radical (unpaired) electrons. The van der Waals surface area contributed by atoms with E-state index in [0.717, 1.165) is 62.8 Å². The van der Waals surface area contributed by atoms with Crippen molar-refractivity contribution in [2.75, 3.05) is 0 Å². The first-order valence-corrected chi connectivity index (χ1v) is 15.4. The van der Waals surface area contributed by atoms with E-state index in [2.05, 4.69) is 85.8 Å². The third kappa shape index (κ3) is 6.17. The maximum absolute atomic E-state index is 8.26. The minimum atomic E-state index is 0. The number of rotatable bonds is 7. The van der Waals surface area contributed by atoms with Gasteiger partial charge in [0.15, 0.2) is 0 Å². The molecule has 0 unspecified atom stereocenters. The molecule has 46 heavy (non-hydrogen) atoms. The Bertz CT molecular complexity index is 2210. The average Bonchev–Trinajstić information content (AvgIpc) is 3.52. The molecule has 0 aliphatic rings. The summed E-state index contributed by atoms with van der Waals surface area (Å²) in [6.45, 7) is 11.0. The monoisotopic (exact) mass is 784 g/mol. The molecule has 0 atom stereocenters. The molecule has 4 aromatic carbocycles. The fraction of sp³-hybridized carbons (Fsp3) is 0.200. The second-order valence-electron chi connectivity index (χ2n) is 12.8. The molecule has 5 nitrogen and oxygen atoms in total. The van der Waals surface area contributed by atoms with Crippen LogP contribution in [0.2, 0.25) is 0 Å². The molecule has 7 aromatic rings. The third-order valence-corrected chi connectivity index (χ3v) is 8.25. The van der Waals surface area contributed by atoms with Crippen LogP contribution in [0.15, 0.2) is 103 Å². The van der Waals surface area contributed by atoms with Crippen molar-refractivity contribution in [3.8, 4) is 34.1 Å². The van der Waals surface area contributed by atoms with Gasteiger partial charge < -0.3 is 9.30 Å². The van der Waals surface area contributed by atoms with Gasteiger partial charge in [-0.15, -0.1) is 35.7 Å². The van der Waals surface area contributed by atoms with E-state index in [9.17, 15) is 0 Å². The fourth-order valence-electron chi connectivity index (χ4n) is 6.02. The number of ether oxygens (including phenoxy) is 1. The van der Waals surface area contributed by atoms with Crippen LogP contribution in [0.4, 0.5) is 0 Å². The minimum Gasteiger partial charge on any atom is -0.509 e. The Kier molecular flexibility index (Phi) is 8.36. The molecule has 6 heteroatoms. The van der Waals surface area contributed by atoms with Gasteiger partial charge in [0.25, 0.3) is 0 Å². The molecular formula is C40H36N4OPt. The summed E-state index contributed by atoms with van der Waals surface area (Å²) < 4.78 is 18.7. The molecule has 0 aliphatic carbocycles. The van der Waals surface area contributed by atoms with Gasteiger partial charge in [0, 0.05) is 34.5 Å². The van der Waals surface area contributed by atoms with Gasteiger partial charge >= 0.3 is 21.1 Å². The summed E-state index contributed by atoms with van der Waals surface area (Å²) in [5, 5.41) is 7.05. The van der Waals surface area contributed by atoms with E-state index in [-0.39, 0.29) is 26.5 Å². The van der Waals surface area contributed by atoms with Gasteiger partial charge in [-0.3, -0.25) is 4.68 Å². The first kappa shape index (κ1) is 30.2. The van der Waals surface area contributed by atoms with Crippen molar-refractivity contribution in [1.29, 1.82) is 0 Å². The first-order valence-electron chi connectivity index (χ1n) is 15.9. The molecule has 0 fully saturated rings. The zero-order valence-corrected chi connectivity index (χ0v) is 28.9. The van der Waals surface area contributed by atoms with Crippen molar-refractivity contribution in [1.82, 2.24) is 19.3 Å². The first-order chi connectivity index (χ1) is 22.1. The largest absolute Gasteiger partial charge is 2.00 e. The van der Waals surface area contributed by atoms with E-state index in [1.54, 1.807) is 18.3 Å². The number of hydrogen-bond acceptors (Lipinski definition) is 3. The molecule has 0 bridgehead atoms. The molecule has 232 valence electrons. The van der Waals surface area contributed by atoms with Crippen LogP contribution in [0.5, 0.6) is 11.5 Å². The Morgan fingerprint density at radius 3 is 2.43 bits per heavy atom. The van der Waals surface area contributed by atoms with Crippen LogP contribution in [0.1, 0.15) is 45.5 Å². The Balaban J connectivity index is 0.00000386. The van der Waals surface area contributed by atoms with Crippen LogP contribution in [0.3, 0.4) is 0 Å². The topological polar surface area (TPSA) is 44.9 Å². The van der Waals surface area contributed by atoms with Crippen molar-refractivity contribution in [3.63, 3.8) is 0 Å². The number of benzene rings is 4. The summed E-state index contributed by atoms with van der Waals surface area (Å²) in [5.74, 6) is 1.81. The van der Waals surface area contributed by atoms with Crippen molar-refractivity contribution in [2.24, 2.45) is 5.41 Å². The molecule has 3 aromatic heterocycles. The van der Waals surface area contributed by atoms with Crippen LogP contribution in [0.25, 0.3) is 44.4 Å². The number of aromatic nitrogens is 4. The normalized spacial score (nSPS) is 11.9. The Morgan fingerprint density at radius 2 is 1.65 bits per heavy atom. The molecule has 0 aliphatic heterocycles. The predicted molar refractivity (Wildman–Crippen MR) is 183 cm³/mol. The quantitative estimate of drug-likeness (QED) is 0.151. The average molecular weight is 785 g/mol. The zero-order valence-electron chi connectivity index (χ0n) is 27.7.